The number of hydrogen-bond acceptors (Lipinski definition) is 2. The quantitative estimate of drug-likeness (QED) is 0.774. The Bertz CT molecular complexity index is 708. The van der Waals surface area contributed by atoms with Crippen molar-refractivity contribution in [1.82, 2.24) is 4.98 Å². The Labute approximate surface area is 124 Å². The van der Waals surface area contributed by atoms with Gasteiger partial charge in [0, 0.05) is 30.1 Å². The highest BCUT2D eigenvalue weighted by Gasteiger charge is 2.14. The highest BCUT2D eigenvalue weighted by atomic mass is 19.1. The lowest BCUT2D eigenvalue weighted by molar-refractivity contribution is 0.626. The van der Waals surface area contributed by atoms with Crippen LogP contribution in [0.3, 0.4) is 0 Å². The Morgan fingerprint density at radius 2 is 2.14 bits per heavy atom. The van der Waals surface area contributed by atoms with E-state index in [9.17, 15) is 4.39 Å². The number of rotatable bonds is 2. The van der Waals surface area contributed by atoms with Crippen LogP contribution in [-0.2, 0) is 0 Å². The van der Waals surface area contributed by atoms with Gasteiger partial charge in [-0.2, -0.15) is 0 Å². The van der Waals surface area contributed by atoms with Crippen molar-refractivity contribution in [2.24, 2.45) is 4.99 Å². The van der Waals surface area contributed by atoms with Gasteiger partial charge in [0.15, 0.2) is 0 Å². The van der Waals surface area contributed by atoms with E-state index in [1.807, 2.05) is 18.2 Å². The zero-order valence-electron chi connectivity index (χ0n) is 11.6. The van der Waals surface area contributed by atoms with Crippen molar-refractivity contribution >= 4 is 25.1 Å². The van der Waals surface area contributed by atoms with Gasteiger partial charge in [0.05, 0.1) is 5.71 Å². The summed E-state index contributed by atoms with van der Waals surface area (Å²) in [6, 6.07) is 8.61. The molecule has 102 valence electrons. The van der Waals surface area contributed by atoms with E-state index in [0.29, 0.717) is 11.0 Å². The average molecular weight is 276 g/mol. The van der Waals surface area contributed by atoms with Gasteiger partial charge in [-0.05, 0) is 42.7 Å². The topological polar surface area (TPSA) is 25.2 Å². The fraction of sp³-hybridized carbons (Fsp3) is 0.176. The van der Waals surface area contributed by atoms with Gasteiger partial charge in [0.1, 0.15) is 13.7 Å². The zero-order valence-corrected chi connectivity index (χ0v) is 11.6. The first kappa shape index (κ1) is 13.7. The van der Waals surface area contributed by atoms with Crippen molar-refractivity contribution in [2.75, 3.05) is 6.54 Å². The van der Waals surface area contributed by atoms with Crippen LogP contribution in [0.2, 0.25) is 0 Å². The number of hydrogen-bond donors (Lipinski definition) is 0. The van der Waals surface area contributed by atoms with E-state index in [0.717, 1.165) is 36.2 Å². The van der Waals surface area contributed by atoms with Gasteiger partial charge in [-0.15, -0.1) is 0 Å². The van der Waals surface area contributed by atoms with Gasteiger partial charge in [0.25, 0.3) is 0 Å². The molecule has 0 bridgehead atoms. The third kappa shape index (κ3) is 3.10. The summed E-state index contributed by atoms with van der Waals surface area (Å²) in [5.74, 6) is -0.307. The van der Waals surface area contributed by atoms with E-state index in [-0.39, 0.29) is 5.82 Å². The summed E-state index contributed by atoms with van der Waals surface area (Å²) in [5, 5.41) is 0. The third-order valence-electron chi connectivity index (χ3n) is 3.47. The highest BCUT2D eigenvalue weighted by molar-refractivity contribution is 6.32. The standard InChI is InChI=1S/C17H14BFN2/c18-15-6-5-12(16(19)10-15)9-13-3-2-8-21-17(13)14-4-1-7-20-11-14/h1,4-7,9-11H,2-3,8H2/b13-9+. The number of halogens is 1. The third-order valence-corrected chi connectivity index (χ3v) is 3.47. The minimum absolute atomic E-state index is 0.307. The Balaban J connectivity index is 2.01. The monoisotopic (exact) mass is 276 g/mol. The maximum Gasteiger partial charge on any atom is 0.129 e. The summed E-state index contributed by atoms with van der Waals surface area (Å²) in [5.41, 5.74) is 3.89. The molecule has 1 aliphatic rings. The van der Waals surface area contributed by atoms with Gasteiger partial charge in [-0.3, -0.25) is 9.98 Å². The van der Waals surface area contributed by atoms with Gasteiger partial charge < -0.3 is 0 Å². The van der Waals surface area contributed by atoms with Crippen LogP contribution in [0.5, 0.6) is 0 Å². The van der Waals surface area contributed by atoms with E-state index in [1.54, 1.807) is 24.5 Å². The minimum Gasteiger partial charge on any atom is -0.284 e. The SMILES string of the molecule is [B]c1ccc(/C=C2\CCCN=C2c2cccnc2)c(F)c1. The summed E-state index contributed by atoms with van der Waals surface area (Å²) < 4.78 is 14.0. The number of nitrogens with zero attached hydrogens (tertiary/aromatic N) is 2. The second kappa shape index (κ2) is 6.04. The van der Waals surface area contributed by atoms with Gasteiger partial charge in [0.2, 0.25) is 0 Å². The molecule has 0 atom stereocenters. The van der Waals surface area contributed by atoms with Gasteiger partial charge in [-0.1, -0.05) is 17.6 Å². The lowest BCUT2D eigenvalue weighted by Gasteiger charge is -2.16. The molecule has 1 aromatic heterocycles. The van der Waals surface area contributed by atoms with Crippen molar-refractivity contribution < 1.29 is 4.39 Å². The van der Waals surface area contributed by atoms with Crippen molar-refractivity contribution in [3.05, 3.63) is 65.2 Å². The smallest absolute Gasteiger partial charge is 0.129 e. The summed E-state index contributed by atoms with van der Waals surface area (Å²) in [4.78, 5) is 8.72. The first-order chi connectivity index (χ1) is 10.2. The molecule has 2 nitrogen and oxygen atoms in total. The summed E-state index contributed by atoms with van der Waals surface area (Å²) in [6.07, 6.45) is 7.25. The fourth-order valence-corrected chi connectivity index (χ4v) is 2.45. The number of benzene rings is 1. The van der Waals surface area contributed by atoms with E-state index in [4.69, 9.17) is 7.85 Å². The van der Waals surface area contributed by atoms with Crippen LogP contribution in [-0.4, -0.2) is 25.1 Å². The number of pyridine rings is 1. The Kier molecular flexibility index (Phi) is 3.95. The van der Waals surface area contributed by atoms with Crippen molar-refractivity contribution in [3.8, 4) is 0 Å². The van der Waals surface area contributed by atoms with Crippen molar-refractivity contribution in [1.29, 1.82) is 0 Å². The molecule has 0 unspecified atom stereocenters. The van der Waals surface area contributed by atoms with Crippen LogP contribution in [0.1, 0.15) is 24.0 Å². The number of aromatic nitrogens is 1. The number of aliphatic imine (C=N–C) groups is 1. The molecule has 0 spiro atoms. The predicted octanol–water partition coefficient (Wildman–Crippen LogP) is 2.68. The van der Waals surface area contributed by atoms with E-state index >= 15 is 0 Å². The van der Waals surface area contributed by atoms with Gasteiger partial charge >= 0.3 is 0 Å². The maximum absolute atomic E-state index is 14.0. The van der Waals surface area contributed by atoms with Crippen LogP contribution in [0.25, 0.3) is 6.08 Å². The lowest BCUT2D eigenvalue weighted by atomic mass is 9.92. The molecule has 0 fully saturated rings. The second-order valence-electron chi connectivity index (χ2n) is 5.03. The molecular formula is C17H14BFN2. The molecule has 2 aromatic rings. The molecular weight excluding hydrogens is 262 g/mol. The normalized spacial score (nSPS) is 16.8. The van der Waals surface area contributed by atoms with Crippen LogP contribution in [0.4, 0.5) is 4.39 Å². The predicted molar refractivity (Wildman–Crippen MR) is 84.6 cm³/mol. The highest BCUT2D eigenvalue weighted by Crippen LogP contribution is 2.22. The molecule has 1 aromatic carbocycles. The van der Waals surface area contributed by atoms with Gasteiger partial charge in [-0.25, -0.2) is 4.39 Å². The molecule has 21 heavy (non-hydrogen) atoms. The first-order valence-electron chi connectivity index (χ1n) is 6.95. The van der Waals surface area contributed by atoms with E-state index < -0.39 is 0 Å². The van der Waals surface area contributed by atoms with Crippen LogP contribution in [0.15, 0.2) is 53.3 Å². The summed E-state index contributed by atoms with van der Waals surface area (Å²) >= 11 is 0. The van der Waals surface area contributed by atoms with Crippen LogP contribution in [0, 0.1) is 5.82 Å². The number of allylic oxidation sites excluding steroid dienone is 1. The van der Waals surface area contributed by atoms with Crippen LogP contribution < -0.4 is 5.46 Å². The van der Waals surface area contributed by atoms with Crippen molar-refractivity contribution in [3.63, 3.8) is 0 Å². The summed E-state index contributed by atoms with van der Waals surface area (Å²) in [6.45, 7) is 0.797. The molecule has 0 amide bonds. The zero-order chi connectivity index (χ0) is 14.7. The molecule has 2 heterocycles. The molecule has 2 radical (unpaired) electrons. The Hall–Kier alpha value is -2.23. The average Bonchev–Trinajstić information content (AvgIpc) is 2.51. The lowest BCUT2D eigenvalue weighted by Crippen LogP contribution is -2.12. The molecule has 0 N–H and O–H groups in total. The maximum atomic E-state index is 14.0. The van der Waals surface area contributed by atoms with Crippen LogP contribution >= 0.6 is 0 Å². The molecule has 0 aliphatic carbocycles. The van der Waals surface area contributed by atoms with E-state index in [1.165, 1.54) is 6.07 Å². The first-order valence-corrected chi connectivity index (χ1v) is 6.95. The molecule has 4 heteroatoms. The van der Waals surface area contributed by atoms with Crippen molar-refractivity contribution in [2.45, 2.75) is 12.8 Å². The molecule has 0 saturated heterocycles. The second-order valence-corrected chi connectivity index (χ2v) is 5.03. The molecule has 1 aliphatic heterocycles. The molecule has 0 saturated carbocycles. The minimum atomic E-state index is -0.307. The Morgan fingerprint density at radius 3 is 2.90 bits per heavy atom. The summed E-state index contributed by atoms with van der Waals surface area (Å²) in [7, 11) is 5.59. The largest absolute Gasteiger partial charge is 0.284 e. The van der Waals surface area contributed by atoms with E-state index in [2.05, 4.69) is 9.98 Å². The fourth-order valence-electron chi connectivity index (χ4n) is 2.45. The molecule has 3 rings (SSSR count). The Morgan fingerprint density at radius 1 is 1.24 bits per heavy atom.